The highest BCUT2D eigenvalue weighted by atomic mass is 32.2. The maximum Gasteiger partial charge on any atom is 0.0212 e. The smallest absolute Gasteiger partial charge is 0.0212 e. The first kappa shape index (κ1) is 10.9. The average Bonchev–Trinajstić information content (AvgIpc) is 2.06. The first-order valence-electron chi connectivity index (χ1n) is 4.19. The monoisotopic (exact) mass is 173 g/mol. The zero-order valence-corrected chi connectivity index (χ0v) is 8.82. The predicted molar refractivity (Wildman–Crippen MR) is 55.0 cm³/mol. The van der Waals surface area contributed by atoms with Crippen molar-refractivity contribution >= 4 is 11.8 Å². The number of hydrogen-bond donors (Lipinski definition) is 0. The van der Waals surface area contributed by atoms with E-state index in [0.29, 0.717) is 5.25 Å². The molecule has 0 amide bonds. The summed E-state index contributed by atoms with van der Waals surface area (Å²) in [7, 11) is 0. The van der Waals surface area contributed by atoms with Gasteiger partial charge in [-0.2, -0.15) is 11.8 Å². The third-order valence-electron chi connectivity index (χ3n) is 1.75. The van der Waals surface area contributed by atoms with Crippen molar-refractivity contribution in [3.8, 4) is 0 Å². The molecule has 11 heavy (non-hydrogen) atoms. The topological polar surface area (TPSA) is 3.24 Å². The normalized spacial score (nSPS) is 13.8. The summed E-state index contributed by atoms with van der Waals surface area (Å²) in [6, 6.07) is 0. The van der Waals surface area contributed by atoms with E-state index in [1.807, 2.05) is 11.8 Å². The molecule has 2 heteroatoms. The van der Waals surface area contributed by atoms with Crippen LogP contribution in [0.3, 0.4) is 0 Å². The molecule has 1 unspecified atom stereocenters. The maximum atomic E-state index is 2.30. The largest absolute Gasteiger partial charge is 0.378 e. The van der Waals surface area contributed by atoms with Gasteiger partial charge < -0.3 is 4.90 Å². The molecule has 66 valence electrons. The van der Waals surface area contributed by atoms with Crippen LogP contribution in [0.5, 0.6) is 0 Å². The zero-order valence-electron chi connectivity index (χ0n) is 8.00. The third kappa shape index (κ3) is 5.19. The van der Waals surface area contributed by atoms with E-state index in [1.54, 1.807) is 0 Å². The second-order valence-electron chi connectivity index (χ2n) is 2.50. The van der Waals surface area contributed by atoms with E-state index >= 15 is 0 Å². The van der Waals surface area contributed by atoms with E-state index in [2.05, 4.69) is 44.2 Å². The van der Waals surface area contributed by atoms with Crippen molar-refractivity contribution < 1.29 is 0 Å². The molecule has 0 saturated heterocycles. The third-order valence-corrected chi connectivity index (χ3v) is 2.65. The second kappa shape index (κ2) is 6.59. The Hall–Kier alpha value is -0.110. The van der Waals surface area contributed by atoms with Gasteiger partial charge in [0.05, 0.1) is 0 Å². The predicted octanol–water partition coefficient (Wildman–Crippen LogP) is 2.59. The molecule has 0 aliphatic heterocycles. The molecule has 0 aromatic rings. The van der Waals surface area contributed by atoms with Gasteiger partial charge in [-0.1, -0.05) is 6.08 Å². The van der Waals surface area contributed by atoms with E-state index in [1.165, 1.54) is 0 Å². The van der Waals surface area contributed by atoms with Crippen LogP contribution >= 0.6 is 11.8 Å². The van der Waals surface area contributed by atoms with E-state index in [4.69, 9.17) is 0 Å². The van der Waals surface area contributed by atoms with E-state index in [0.717, 1.165) is 13.1 Å². The van der Waals surface area contributed by atoms with Crippen LogP contribution in [0.4, 0.5) is 0 Å². The molecule has 0 radical (unpaired) electrons. The molecular weight excluding hydrogens is 154 g/mol. The Morgan fingerprint density at radius 3 is 2.27 bits per heavy atom. The van der Waals surface area contributed by atoms with Crippen LogP contribution in [0, 0.1) is 0 Å². The molecule has 0 fully saturated rings. The highest BCUT2D eigenvalue weighted by Gasteiger charge is 1.93. The Morgan fingerprint density at radius 2 is 1.91 bits per heavy atom. The highest BCUT2D eigenvalue weighted by Crippen LogP contribution is 2.06. The Kier molecular flexibility index (Phi) is 6.52. The molecule has 0 heterocycles. The summed E-state index contributed by atoms with van der Waals surface area (Å²) in [6.45, 7) is 8.78. The summed E-state index contributed by atoms with van der Waals surface area (Å²) >= 11 is 1.87. The fourth-order valence-corrected chi connectivity index (χ4v) is 0.983. The van der Waals surface area contributed by atoms with Gasteiger partial charge in [-0.25, -0.2) is 0 Å². The number of rotatable bonds is 5. The quantitative estimate of drug-likeness (QED) is 0.628. The fraction of sp³-hybridized carbons (Fsp3) is 0.778. The molecule has 0 spiro atoms. The molecule has 1 nitrogen and oxygen atoms in total. The van der Waals surface area contributed by atoms with Gasteiger partial charge in [-0.05, 0) is 33.2 Å². The van der Waals surface area contributed by atoms with E-state index in [-0.39, 0.29) is 0 Å². The lowest BCUT2D eigenvalue weighted by molar-refractivity contribution is 0.418. The lowest BCUT2D eigenvalue weighted by Gasteiger charge is -2.15. The van der Waals surface area contributed by atoms with Crippen molar-refractivity contribution in [3.63, 3.8) is 0 Å². The number of hydrogen-bond acceptors (Lipinski definition) is 2. The van der Waals surface area contributed by atoms with Gasteiger partial charge in [0, 0.05) is 18.3 Å². The molecule has 0 aliphatic carbocycles. The molecule has 0 aromatic carbocycles. The summed E-state index contributed by atoms with van der Waals surface area (Å²) in [5, 5.41) is 0.635. The van der Waals surface area contributed by atoms with Gasteiger partial charge in [0.25, 0.3) is 0 Å². The van der Waals surface area contributed by atoms with Crippen molar-refractivity contribution in [2.45, 2.75) is 26.0 Å². The molecule has 0 aliphatic rings. The minimum absolute atomic E-state index is 0.635. The second-order valence-corrected chi connectivity index (χ2v) is 3.72. The van der Waals surface area contributed by atoms with E-state index in [9.17, 15) is 0 Å². The summed E-state index contributed by atoms with van der Waals surface area (Å²) < 4.78 is 0. The van der Waals surface area contributed by atoms with E-state index < -0.39 is 0 Å². The SMILES string of the molecule is CCN(/C=C/C(C)SC)CC. The van der Waals surface area contributed by atoms with Crippen LogP contribution in [-0.4, -0.2) is 29.5 Å². The molecule has 0 bridgehead atoms. The zero-order chi connectivity index (χ0) is 8.69. The summed E-state index contributed by atoms with van der Waals surface area (Å²) in [5.41, 5.74) is 0. The van der Waals surface area contributed by atoms with Crippen molar-refractivity contribution in [2.75, 3.05) is 19.3 Å². The molecule has 0 rings (SSSR count). The van der Waals surface area contributed by atoms with Crippen LogP contribution < -0.4 is 0 Å². The van der Waals surface area contributed by atoms with Crippen LogP contribution in [0.1, 0.15) is 20.8 Å². The van der Waals surface area contributed by atoms with Crippen LogP contribution in [-0.2, 0) is 0 Å². The Labute approximate surface area is 74.9 Å². The summed E-state index contributed by atoms with van der Waals surface area (Å²) in [6.07, 6.45) is 6.58. The van der Waals surface area contributed by atoms with Crippen LogP contribution in [0.25, 0.3) is 0 Å². The number of thioether (sulfide) groups is 1. The molecule has 0 aromatic heterocycles. The lowest BCUT2D eigenvalue weighted by Crippen LogP contribution is -2.15. The first-order chi connectivity index (χ1) is 5.24. The average molecular weight is 173 g/mol. The minimum atomic E-state index is 0.635. The van der Waals surface area contributed by atoms with Crippen molar-refractivity contribution in [3.05, 3.63) is 12.3 Å². The lowest BCUT2D eigenvalue weighted by atomic mass is 10.4. The maximum absolute atomic E-state index is 2.30. The Morgan fingerprint density at radius 1 is 1.36 bits per heavy atom. The Bertz CT molecular complexity index is 108. The van der Waals surface area contributed by atoms with Crippen LogP contribution in [0.15, 0.2) is 12.3 Å². The minimum Gasteiger partial charge on any atom is -0.378 e. The van der Waals surface area contributed by atoms with Gasteiger partial charge in [-0.15, -0.1) is 0 Å². The van der Waals surface area contributed by atoms with Crippen LogP contribution in [0.2, 0.25) is 0 Å². The molecule has 0 N–H and O–H groups in total. The Balaban J connectivity index is 3.68. The first-order valence-corrected chi connectivity index (χ1v) is 5.48. The van der Waals surface area contributed by atoms with Crippen molar-refractivity contribution in [2.24, 2.45) is 0 Å². The van der Waals surface area contributed by atoms with Gasteiger partial charge >= 0.3 is 0 Å². The van der Waals surface area contributed by atoms with Crippen molar-refractivity contribution in [1.29, 1.82) is 0 Å². The van der Waals surface area contributed by atoms with Gasteiger partial charge in [0.2, 0.25) is 0 Å². The molecule has 0 saturated carbocycles. The van der Waals surface area contributed by atoms with Gasteiger partial charge in [0.15, 0.2) is 0 Å². The number of nitrogens with zero attached hydrogens (tertiary/aromatic N) is 1. The summed E-state index contributed by atoms with van der Waals surface area (Å²) in [4.78, 5) is 2.30. The standard InChI is InChI=1S/C9H19NS/c1-5-10(6-2)8-7-9(3)11-4/h7-9H,5-6H2,1-4H3/b8-7+. The highest BCUT2D eigenvalue weighted by molar-refractivity contribution is 7.99. The van der Waals surface area contributed by atoms with Gasteiger partial charge in [-0.3, -0.25) is 0 Å². The van der Waals surface area contributed by atoms with Gasteiger partial charge in [0.1, 0.15) is 0 Å². The van der Waals surface area contributed by atoms with Crippen molar-refractivity contribution in [1.82, 2.24) is 4.90 Å². The summed E-state index contributed by atoms with van der Waals surface area (Å²) in [5.74, 6) is 0. The molecular formula is C9H19NS. The fourth-order valence-electron chi connectivity index (χ4n) is 0.756. The molecule has 1 atom stereocenters.